The van der Waals surface area contributed by atoms with Gasteiger partial charge in [-0.1, -0.05) is 17.3 Å². The number of hydrogen-bond acceptors (Lipinski definition) is 14. The number of aliphatic carboxylic acids is 1. The highest BCUT2D eigenvalue weighted by molar-refractivity contribution is 7.14. The van der Waals surface area contributed by atoms with Crippen molar-refractivity contribution in [2.45, 2.75) is 138 Å². The van der Waals surface area contributed by atoms with Crippen LogP contribution in [0.15, 0.2) is 47.2 Å². The summed E-state index contributed by atoms with van der Waals surface area (Å²) in [5.41, 5.74) is -1.91. The van der Waals surface area contributed by atoms with Gasteiger partial charge in [-0.05, 0) is 107 Å². The Balaban J connectivity index is 1.75. The van der Waals surface area contributed by atoms with Crippen molar-refractivity contribution in [2.24, 2.45) is 5.16 Å². The van der Waals surface area contributed by atoms with Crippen molar-refractivity contribution in [1.29, 1.82) is 0 Å². The topological polar surface area (TPSA) is 231 Å². The summed E-state index contributed by atoms with van der Waals surface area (Å²) < 4.78 is 31.4. The van der Waals surface area contributed by atoms with Crippen LogP contribution < -0.4 is 25.4 Å². The molecule has 3 aromatic rings. The molecule has 0 bridgehead atoms. The maximum absolute atomic E-state index is 13.2. The Morgan fingerprint density at radius 2 is 1.32 bits per heavy atom. The summed E-state index contributed by atoms with van der Waals surface area (Å²) in [6.45, 7) is 22.4. The molecule has 2 heterocycles. The number of carbonyl (C=O) groups is 5. The number of carboxylic acid groups (broad SMARTS) is 1. The number of oxime groups is 1. The zero-order valence-corrected chi connectivity index (χ0v) is 38.5. The average Bonchev–Trinajstić information content (AvgIpc) is 3.73. The third-order valence-electron chi connectivity index (χ3n) is 7.46. The lowest BCUT2D eigenvalue weighted by Gasteiger charge is -2.23. The lowest BCUT2D eigenvalue weighted by Crippen LogP contribution is -2.44. The van der Waals surface area contributed by atoms with Crippen molar-refractivity contribution in [3.8, 4) is 16.9 Å². The minimum atomic E-state index is -1.50. The Bertz CT molecular complexity index is 1960. The maximum Gasteiger partial charge on any atom is 0.413 e. The molecule has 0 aliphatic heterocycles. The molecule has 3 amide bonds. The normalized spacial score (nSPS) is 12.7. The van der Waals surface area contributed by atoms with Gasteiger partial charge < -0.3 is 44.3 Å². The third kappa shape index (κ3) is 19.2. The molecule has 0 aliphatic carbocycles. The minimum absolute atomic E-state index is 0.0604. The first-order valence-corrected chi connectivity index (χ1v) is 21.0. The van der Waals surface area contributed by atoms with E-state index in [0.717, 1.165) is 22.5 Å². The number of hydrogen-bond donors (Lipinski definition) is 4. The Hall–Kier alpha value is -5.92. The van der Waals surface area contributed by atoms with Crippen molar-refractivity contribution >= 4 is 52.4 Å². The molecule has 1 atom stereocenters. The molecule has 0 spiro atoms. The molecule has 0 saturated heterocycles. The number of amides is 3. The average molecular weight is 889 g/mol. The quantitative estimate of drug-likeness (QED) is 0.0261. The van der Waals surface area contributed by atoms with Crippen LogP contribution in [0.5, 0.6) is 5.75 Å². The van der Waals surface area contributed by atoms with Gasteiger partial charge in [-0.25, -0.2) is 29.0 Å². The van der Waals surface area contributed by atoms with E-state index in [1.807, 2.05) is 33.9 Å². The second-order valence-electron chi connectivity index (χ2n) is 18.0. The zero-order chi connectivity index (χ0) is 46.5. The molecular weight excluding hydrogens is 827 g/mol. The predicted molar refractivity (Wildman–Crippen MR) is 230 cm³/mol. The predicted octanol–water partition coefficient (Wildman–Crippen LogP) is 6.67. The van der Waals surface area contributed by atoms with Gasteiger partial charge in [0.25, 0.3) is 6.10 Å². The van der Waals surface area contributed by atoms with E-state index in [1.54, 1.807) is 95.2 Å². The maximum atomic E-state index is 13.2. The number of alkyl carbamates (subject to hydrolysis) is 2. The van der Waals surface area contributed by atoms with E-state index in [0.29, 0.717) is 44.8 Å². The smallest absolute Gasteiger partial charge is 0.413 e. The number of esters is 1. The lowest BCUT2D eigenvalue weighted by atomic mass is 10.1. The Morgan fingerprint density at radius 1 is 0.774 bits per heavy atom. The highest BCUT2D eigenvalue weighted by Gasteiger charge is 2.30. The molecule has 3 rings (SSSR count). The fourth-order valence-corrected chi connectivity index (χ4v) is 5.78. The first kappa shape index (κ1) is 50.4. The van der Waals surface area contributed by atoms with E-state index in [-0.39, 0.29) is 10.8 Å². The van der Waals surface area contributed by atoms with Crippen LogP contribution >= 0.6 is 11.3 Å². The third-order valence-corrected chi connectivity index (χ3v) is 8.22. The van der Waals surface area contributed by atoms with Gasteiger partial charge in [0.15, 0.2) is 11.7 Å². The molecule has 62 heavy (non-hydrogen) atoms. The number of aromatic nitrogens is 3. The van der Waals surface area contributed by atoms with Gasteiger partial charge >= 0.3 is 30.2 Å². The lowest BCUT2D eigenvalue weighted by molar-refractivity contribution is -0.775. The summed E-state index contributed by atoms with van der Waals surface area (Å²) in [6.07, 6.45) is 1.96. The van der Waals surface area contributed by atoms with Crippen LogP contribution in [0, 0.1) is 0 Å². The van der Waals surface area contributed by atoms with Crippen molar-refractivity contribution in [1.82, 2.24) is 20.3 Å². The molecule has 0 unspecified atom stereocenters. The minimum Gasteiger partial charge on any atom is -0.489 e. The standard InChI is InChI=1S/C42H61N7O12S/c1-39(2,3)57-34(52)31(61-47-32(33(50)51)30-26-62-35(45-30)46-38(55)60-42(10,11)12)25-56-29-17-15-27(16-18-29)28-23-48(21-13-19-43-36(53)58-40(4,5)6)49(24-28)22-14-20-44-37(54)59-41(7,8)9/h15-18,23-24,26,31H,13-14,19-22,25H2,1-12H3,(H3-,43,44,45,46,50,51,53,54,55)/p+1/b47-32-/t31-/m0/s1. The van der Waals surface area contributed by atoms with E-state index in [2.05, 4.69) is 26.1 Å². The summed E-state index contributed by atoms with van der Waals surface area (Å²) in [7, 11) is 0. The van der Waals surface area contributed by atoms with Crippen molar-refractivity contribution in [2.75, 3.05) is 25.0 Å². The van der Waals surface area contributed by atoms with E-state index in [9.17, 15) is 29.1 Å². The number of thiazole rings is 1. The molecule has 0 fully saturated rings. The first-order chi connectivity index (χ1) is 28.7. The SMILES string of the molecule is CC(C)(C)OC(=O)NCCCn1cc(-c2ccc(OC[C@H](O/N=C(\C(=O)O)c3csc(NC(=O)OC(C)(C)C)n3)C(=O)OC(C)(C)C)cc2)c[n+]1CCCNC(=O)OC(C)(C)C. The molecule has 4 N–H and O–H groups in total. The number of carboxylic acids is 1. The van der Waals surface area contributed by atoms with Crippen LogP contribution in [0.2, 0.25) is 0 Å². The highest BCUT2D eigenvalue weighted by atomic mass is 32.1. The largest absolute Gasteiger partial charge is 0.489 e. The first-order valence-electron chi connectivity index (χ1n) is 20.1. The van der Waals surface area contributed by atoms with Gasteiger partial charge in [-0.2, -0.15) is 4.68 Å². The summed E-state index contributed by atoms with van der Waals surface area (Å²) in [6, 6.07) is 7.09. The second-order valence-corrected chi connectivity index (χ2v) is 18.8. The highest BCUT2D eigenvalue weighted by Crippen LogP contribution is 2.23. The van der Waals surface area contributed by atoms with Gasteiger partial charge in [0.2, 0.25) is 11.9 Å². The molecule has 342 valence electrons. The zero-order valence-electron chi connectivity index (χ0n) is 37.7. The van der Waals surface area contributed by atoms with Gasteiger partial charge in [0, 0.05) is 24.9 Å². The summed E-state index contributed by atoms with van der Waals surface area (Å²) in [5.74, 6) is -1.97. The fraction of sp³-hybridized carbons (Fsp3) is 0.571. The van der Waals surface area contributed by atoms with Crippen molar-refractivity contribution < 1.29 is 62.3 Å². The van der Waals surface area contributed by atoms with Crippen molar-refractivity contribution in [3.63, 3.8) is 0 Å². The molecule has 2 aromatic heterocycles. The fourth-order valence-electron chi connectivity index (χ4n) is 5.10. The van der Waals surface area contributed by atoms with Crippen LogP contribution in [0.4, 0.5) is 19.5 Å². The molecule has 0 saturated carbocycles. The molecule has 19 nitrogen and oxygen atoms in total. The van der Waals surface area contributed by atoms with Gasteiger partial charge in [0.1, 0.15) is 40.5 Å². The Morgan fingerprint density at radius 3 is 1.87 bits per heavy atom. The van der Waals surface area contributed by atoms with Crippen LogP contribution in [-0.2, 0) is 46.5 Å². The van der Waals surface area contributed by atoms with Gasteiger partial charge in [-0.3, -0.25) is 5.32 Å². The number of nitrogens with one attached hydrogen (secondary N) is 3. The van der Waals surface area contributed by atoms with Crippen LogP contribution in [0.1, 0.15) is 102 Å². The van der Waals surface area contributed by atoms with E-state index < -0.39 is 71.0 Å². The Kier molecular flexibility index (Phi) is 17.7. The molecule has 1 aromatic carbocycles. The molecule has 0 aliphatic rings. The molecule has 0 radical (unpaired) electrons. The van der Waals surface area contributed by atoms with Crippen LogP contribution in [0.25, 0.3) is 11.1 Å². The number of nitrogens with zero attached hydrogens (tertiary/aromatic N) is 4. The molecule has 20 heteroatoms. The number of aryl methyl sites for hydroxylation is 2. The van der Waals surface area contributed by atoms with Gasteiger partial charge in [0.05, 0.1) is 18.3 Å². The molecular formula is C42H62N7O12S+. The number of ether oxygens (including phenoxy) is 5. The van der Waals surface area contributed by atoms with Crippen molar-refractivity contribution in [3.05, 3.63) is 47.7 Å². The van der Waals surface area contributed by atoms with E-state index >= 15 is 0 Å². The number of rotatable bonds is 18. The van der Waals surface area contributed by atoms with Crippen LogP contribution in [-0.4, -0.2) is 98.9 Å². The summed E-state index contributed by atoms with van der Waals surface area (Å²) in [4.78, 5) is 71.5. The Labute approximate surface area is 366 Å². The number of carbonyl (C=O) groups excluding carboxylic acids is 4. The summed E-state index contributed by atoms with van der Waals surface area (Å²) >= 11 is 0.942. The monoisotopic (exact) mass is 888 g/mol. The summed E-state index contributed by atoms with van der Waals surface area (Å²) in [5, 5.41) is 23.1. The number of anilines is 1. The second kappa shape index (κ2) is 21.7. The van der Waals surface area contributed by atoms with Gasteiger partial charge in [-0.15, -0.1) is 16.0 Å². The van der Waals surface area contributed by atoms with Crippen LogP contribution in [0.3, 0.4) is 0 Å². The number of benzene rings is 1. The van der Waals surface area contributed by atoms with E-state index in [4.69, 9.17) is 28.5 Å². The van der Waals surface area contributed by atoms with E-state index in [1.165, 1.54) is 5.38 Å².